The minimum absolute atomic E-state index is 0.315. The van der Waals surface area contributed by atoms with Gasteiger partial charge in [0.15, 0.2) is 4.77 Å². The van der Waals surface area contributed by atoms with Crippen LogP contribution in [-0.4, -0.2) is 22.0 Å². The van der Waals surface area contributed by atoms with Gasteiger partial charge < -0.3 is 20.3 Å². The third-order valence-corrected chi connectivity index (χ3v) is 3.34. The number of hydrogen-bond donors (Lipinski definition) is 4. The van der Waals surface area contributed by atoms with E-state index in [4.69, 9.17) is 24.4 Å². The van der Waals surface area contributed by atoms with Gasteiger partial charge in [-0.1, -0.05) is 12.2 Å². The summed E-state index contributed by atoms with van der Waals surface area (Å²) in [5, 5.41) is 4.41. The summed E-state index contributed by atoms with van der Waals surface area (Å²) in [7, 11) is 1.74. The van der Waals surface area contributed by atoms with Crippen molar-refractivity contribution in [3.63, 3.8) is 0 Å². The summed E-state index contributed by atoms with van der Waals surface area (Å²) in [6.07, 6.45) is 0. The van der Waals surface area contributed by atoms with E-state index in [0.29, 0.717) is 20.7 Å². The Balaban J connectivity index is 2.64. The van der Waals surface area contributed by atoms with Crippen LogP contribution < -0.4 is 5.32 Å². The Labute approximate surface area is 111 Å². The summed E-state index contributed by atoms with van der Waals surface area (Å²) < 4.78 is 14.5. The molecule has 3 aromatic rings. The normalized spacial score (nSPS) is 11.2. The Hall–Kier alpha value is -1.73. The number of nitrogens with one attached hydrogen (secondary N) is 4. The van der Waals surface area contributed by atoms with Crippen LogP contribution in [0.5, 0.6) is 0 Å². The number of rotatable bonds is 1. The Morgan fingerprint density at radius 3 is 2.67 bits per heavy atom. The highest BCUT2D eigenvalue weighted by Gasteiger charge is 2.11. The lowest BCUT2D eigenvalue weighted by molar-refractivity contribution is 0.630. The number of halogens is 1. The van der Waals surface area contributed by atoms with Gasteiger partial charge in [-0.3, -0.25) is 0 Å². The number of aromatic amines is 3. The fourth-order valence-electron chi connectivity index (χ4n) is 2.10. The highest BCUT2D eigenvalue weighted by molar-refractivity contribution is 7.72. The van der Waals surface area contributed by atoms with Crippen LogP contribution in [0, 0.1) is 15.2 Å². The average Bonchev–Trinajstić information content (AvgIpc) is 2.65. The number of benzene rings is 1. The number of fused-ring (bicyclic) bond motifs is 3. The first-order valence-corrected chi connectivity index (χ1v) is 6.07. The molecular weight excluding hydrogens is 271 g/mol. The molecule has 3 rings (SSSR count). The van der Waals surface area contributed by atoms with E-state index in [-0.39, 0.29) is 5.82 Å². The second-order valence-electron chi connectivity index (χ2n) is 3.91. The monoisotopic (exact) mass is 280 g/mol. The van der Waals surface area contributed by atoms with Crippen LogP contribution in [0.15, 0.2) is 12.1 Å². The van der Waals surface area contributed by atoms with E-state index in [1.54, 1.807) is 7.05 Å². The minimum atomic E-state index is -0.315. The standard InChI is InChI=1S/C11H9FN4S2/c1-13-6-3-4(12)2-5-7-9(14-8(5)6)15-11(18)16-10(7)17/h2-3,13H,1H3,(H3,14,15,16,17,18). The summed E-state index contributed by atoms with van der Waals surface area (Å²) in [6, 6.07) is 2.88. The highest BCUT2D eigenvalue weighted by atomic mass is 32.1. The minimum Gasteiger partial charge on any atom is -0.386 e. The predicted molar refractivity (Wildman–Crippen MR) is 75.7 cm³/mol. The van der Waals surface area contributed by atoms with Crippen molar-refractivity contribution in [1.29, 1.82) is 0 Å². The lowest BCUT2D eigenvalue weighted by Gasteiger charge is -2.01. The third kappa shape index (κ3) is 1.55. The number of aromatic nitrogens is 3. The van der Waals surface area contributed by atoms with Crippen molar-refractivity contribution < 1.29 is 4.39 Å². The van der Waals surface area contributed by atoms with Crippen LogP contribution in [0.1, 0.15) is 0 Å². The zero-order chi connectivity index (χ0) is 12.9. The first kappa shape index (κ1) is 11.4. The predicted octanol–water partition coefficient (Wildman–Crippen LogP) is 3.62. The van der Waals surface area contributed by atoms with Crippen LogP contribution in [-0.2, 0) is 0 Å². The van der Waals surface area contributed by atoms with Crippen molar-refractivity contribution in [3.8, 4) is 0 Å². The molecule has 0 bridgehead atoms. The van der Waals surface area contributed by atoms with Gasteiger partial charge in [0, 0.05) is 12.4 Å². The van der Waals surface area contributed by atoms with E-state index in [1.165, 1.54) is 12.1 Å². The lowest BCUT2D eigenvalue weighted by Crippen LogP contribution is -1.90. The van der Waals surface area contributed by atoms with Gasteiger partial charge in [-0.15, -0.1) is 0 Å². The van der Waals surface area contributed by atoms with E-state index in [0.717, 1.165) is 16.3 Å². The molecule has 0 aliphatic carbocycles. The van der Waals surface area contributed by atoms with Gasteiger partial charge in [0.05, 0.1) is 16.6 Å². The molecule has 0 aliphatic rings. The molecule has 0 saturated carbocycles. The molecule has 4 nitrogen and oxygen atoms in total. The fraction of sp³-hybridized carbons (Fsp3) is 0.0909. The maximum absolute atomic E-state index is 13.6. The third-order valence-electron chi connectivity index (χ3n) is 2.83. The zero-order valence-electron chi connectivity index (χ0n) is 9.35. The first-order valence-electron chi connectivity index (χ1n) is 5.25. The molecule has 2 heterocycles. The Bertz CT molecular complexity index is 874. The second kappa shape index (κ2) is 3.89. The zero-order valence-corrected chi connectivity index (χ0v) is 11.0. The Morgan fingerprint density at radius 1 is 1.17 bits per heavy atom. The van der Waals surface area contributed by atoms with Gasteiger partial charge in [0.2, 0.25) is 0 Å². The van der Waals surface area contributed by atoms with Crippen molar-refractivity contribution in [3.05, 3.63) is 27.4 Å². The van der Waals surface area contributed by atoms with Gasteiger partial charge in [-0.05, 0) is 24.4 Å². The molecule has 0 aliphatic heterocycles. The van der Waals surface area contributed by atoms with E-state index in [2.05, 4.69) is 20.3 Å². The number of hydrogen-bond acceptors (Lipinski definition) is 3. The van der Waals surface area contributed by atoms with Crippen LogP contribution in [0.2, 0.25) is 0 Å². The molecule has 7 heteroatoms. The topological polar surface area (TPSA) is 59.4 Å². The van der Waals surface area contributed by atoms with Crippen molar-refractivity contribution in [2.75, 3.05) is 12.4 Å². The highest BCUT2D eigenvalue weighted by Crippen LogP contribution is 2.30. The molecule has 0 spiro atoms. The van der Waals surface area contributed by atoms with Crippen molar-refractivity contribution in [2.24, 2.45) is 0 Å². The maximum atomic E-state index is 13.6. The lowest BCUT2D eigenvalue weighted by atomic mass is 10.2. The molecule has 92 valence electrons. The van der Waals surface area contributed by atoms with Crippen molar-refractivity contribution in [1.82, 2.24) is 15.0 Å². The van der Waals surface area contributed by atoms with Crippen molar-refractivity contribution in [2.45, 2.75) is 0 Å². The summed E-state index contributed by atoms with van der Waals surface area (Å²) in [5.41, 5.74) is 2.17. The molecule has 1 aromatic carbocycles. The molecule has 0 fully saturated rings. The van der Waals surface area contributed by atoms with Crippen LogP contribution in [0.3, 0.4) is 0 Å². The summed E-state index contributed by atoms with van der Waals surface area (Å²) in [4.78, 5) is 9.01. The molecular formula is C11H9FN4S2. The molecule has 0 radical (unpaired) electrons. The quantitative estimate of drug-likeness (QED) is 0.515. The van der Waals surface area contributed by atoms with Crippen LogP contribution in [0.25, 0.3) is 21.9 Å². The number of anilines is 1. The SMILES string of the molecule is CNc1cc(F)cc2c1[nH]c1[nH]c(=S)[nH]c(=S)c12. The largest absolute Gasteiger partial charge is 0.386 e. The van der Waals surface area contributed by atoms with Crippen molar-refractivity contribution >= 4 is 52.1 Å². The van der Waals surface area contributed by atoms with Crippen LogP contribution in [0.4, 0.5) is 10.1 Å². The summed E-state index contributed by atoms with van der Waals surface area (Å²) >= 11 is 10.3. The average molecular weight is 280 g/mol. The molecule has 0 amide bonds. The summed E-state index contributed by atoms with van der Waals surface area (Å²) in [5.74, 6) is -0.315. The fourth-order valence-corrected chi connectivity index (χ4v) is 2.68. The van der Waals surface area contributed by atoms with E-state index >= 15 is 0 Å². The van der Waals surface area contributed by atoms with Crippen LogP contribution >= 0.6 is 24.4 Å². The number of H-pyrrole nitrogens is 3. The molecule has 2 aromatic heterocycles. The molecule has 0 saturated heterocycles. The van der Waals surface area contributed by atoms with Gasteiger partial charge in [-0.25, -0.2) is 4.39 Å². The van der Waals surface area contributed by atoms with Gasteiger partial charge in [0.1, 0.15) is 16.1 Å². The maximum Gasteiger partial charge on any atom is 0.177 e. The Morgan fingerprint density at radius 2 is 1.94 bits per heavy atom. The van der Waals surface area contributed by atoms with Gasteiger partial charge >= 0.3 is 0 Å². The molecule has 0 atom stereocenters. The molecule has 0 unspecified atom stereocenters. The van der Waals surface area contributed by atoms with E-state index in [9.17, 15) is 4.39 Å². The molecule has 18 heavy (non-hydrogen) atoms. The summed E-state index contributed by atoms with van der Waals surface area (Å²) in [6.45, 7) is 0. The second-order valence-corrected chi connectivity index (χ2v) is 4.73. The van der Waals surface area contributed by atoms with Gasteiger partial charge in [-0.2, -0.15) is 0 Å². The molecule has 4 N–H and O–H groups in total. The van der Waals surface area contributed by atoms with E-state index in [1.807, 2.05) is 0 Å². The Kier molecular flexibility index (Phi) is 2.46. The van der Waals surface area contributed by atoms with E-state index < -0.39 is 0 Å². The van der Waals surface area contributed by atoms with Gasteiger partial charge in [0.25, 0.3) is 0 Å². The smallest absolute Gasteiger partial charge is 0.177 e. The first-order chi connectivity index (χ1) is 8.60.